The van der Waals surface area contributed by atoms with Crippen LogP contribution in [-0.4, -0.2) is 0 Å². The highest BCUT2D eigenvalue weighted by atomic mass is 14.0. The van der Waals surface area contributed by atoms with Crippen LogP contribution in [0.1, 0.15) is 48.8 Å². The Morgan fingerprint density at radius 2 is 1.81 bits per heavy atom. The number of benzene rings is 1. The summed E-state index contributed by atoms with van der Waals surface area (Å²) in [5.74, 6) is 2.69. The molecular weight excluding hydrogens is 192 g/mol. The van der Waals surface area contributed by atoms with Crippen LogP contribution < -0.4 is 0 Å². The van der Waals surface area contributed by atoms with E-state index >= 15 is 0 Å². The van der Waals surface area contributed by atoms with Crippen molar-refractivity contribution in [3.63, 3.8) is 0 Å². The minimum Gasteiger partial charge on any atom is -0.120 e. The summed E-state index contributed by atoms with van der Waals surface area (Å²) in [5.41, 5.74) is 4.29. The van der Waals surface area contributed by atoms with Crippen LogP contribution in [0.5, 0.6) is 0 Å². The molecule has 86 valence electrons. The molecule has 0 heteroatoms. The Bertz CT molecular complexity index is 355. The summed E-state index contributed by atoms with van der Waals surface area (Å²) < 4.78 is 0. The molecule has 0 aliphatic carbocycles. The van der Waals surface area contributed by atoms with Gasteiger partial charge in [-0.05, 0) is 44.2 Å². The molecule has 1 aromatic carbocycles. The largest absolute Gasteiger partial charge is 0.120 e. The molecule has 0 bridgehead atoms. The van der Waals surface area contributed by atoms with Crippen molar-refractivity contribution in [3.05, 3.63) is 34.9 Å². The van der Waals surface area contributed by atoms with Gasteiger partial charge >= 0.3 is 0 Å². The van der Waals surface area contributed by atoms with E-state index < -0.39 is 0 Å². The summed E-state index contributed by atoms with van der Waals surface area (Å²) in [6.07, 6.45) is 12.4. The van der Waals surface area contributed by atoms with Gasteiger partial charge in [-0.1, -0.05) is 36.6 Å². The minimum atomic E-state index is 0.934. The van der Waals surface area contributed by atoms with E-state index in [1.54, 1.807) is 0 Å². The van der Waals surface area contributed by atoms with E-state index in [1.165, 1.54) is 48.8 Å². The average Bonchev–Trinajstić information content (AvgIpc) is 2.26. The van der Waals surface area contributed by atoms with Gasteiger partial charge < -0.3 is 0 Å². The average molecular weight is 214 g/mol. The number of hydrogen-bond acceptors (Lipinski definition) is 0. The van der Waals surface area contributed by atoms with Gasteiger partial charge in [0.25, 0.3) is 0 Å². The number of unbranched alkanes of at least 4 members (excludes halogenated alkanes) is 4. The van der Waals surface area contributed by atoms with E-state index in [4.69, 9.17) is 6.42 Å². The van der Waals surface area contributed by atoms with Crippen LogP contribution in [0.3, 0.4) is 0 Å². The highest BCUT2D eigenvalue weighted by molar-refractivity contribution is 5.30. The predicted octanol–water partition coefficient (Wildman–Crippen LogP) is 4.43. The zero-order chi connectivity index (χ0) is 11.8. The summed E-state index contributed by atoms with van der Waals surface area (Å²) in [6, 6.07) is 6.75. The highest BCUT2D eigenvalue weighted by Gasteiger charge is 1.98. The standard InChI is InChI=1S/C16H22/c1-4-5-6-7-8-9-10-16-12-11-14(2)13-15(16)3/h1,11-13H,5-10H2,2-3H3. The van der Waals surface area contributed by atoms with Crippen LogP contribution >= 0.6 is 0 Å². The maximum Gasteiger partial charge on any atom is 0.00860 e. The molecule has 0 aromatic heterocycles. The van der Waals surface area contributed by atoms with Gasteiger partial charge in [0, 0.05) is 6.42 Å². The Hall–Kier alpha value is -1.22. The first-order valence-electron chi connectivity index (χ1n) is 6.23. The van der Waals surface area contributed by atoms with Crippen LogP contribution in [0.4, 0.5) is 0 Å². The van der Waals surface area contributed by atoms with Gasteiger partial charge in [-0.25, -0.2) is 0 Å². The van der Waals surface area contributed by atoms with Crippen molar-refractivity contribution in [1.29, 1.82) is 0 Å². The first kappa shape index (κ1) is 12.8. The molecular formula is C16H22. The van der Waals surface area contributed by atoms with Crippen LogP contribution in [0, 0.1) is 26.2 Å². The third-order valence-electron chi connectivity index (χ3n) is 3.02. The van der Waals surface area contributed by atoms with Crippen molar-refractivity contribution in [1.82, 2.24) is 0 Å². The first-order valence-corrected chi connectivity index (χ1v) is 6.23. The molecule has 1 aromatic rings. The van der Waals surface area contributed by atoms with Gasteiger partial charge in [-0.15, -0.1) is 12.3 Å². The first-order chi connectivity index (χ1) is 7.74. The van der Waals surface area contributed by atoms with Gasteiger partial charge in [-0.2, -0.15) is 0 Å². The van der Waals surface area contributed by atoms with Crippen LogP contribution in [-0.2, 0) is 6.42 Å². The van der Waals surface area contributed by atoms with E-state index in [9.17, 15) is 0 Å². The zero-order valence-electron chi connectivity index (χ0n) is 10.6. The van der Waals surface area contributed by atoms with Crippen molar-refractivity contribution >= 4 is 0 Å². The minimum absolute atomic E-state index is 0.934. The molecule has 0 radical (unpaired) electrons. The maximum atomic E-state index is 5.22. The molecule has 16 heavy (non-hydrogen) atoms. The summed E-state index contributed by atoms with van der Waals surface area (Å²) in [5, 5.41) is 0. The molecule has 0 spiro atoms. The fraction of sp³-hybridized carbons (Fsp3) is 0.500. The molecule has 0 amide bonds. The Kier molecular flexibility index (Phi) is 5.72. The number of aryl methyl sites for hydroxylation is 3. The van der Waals surface area contributed by atoms with Gasteiger partial charge in [0.2, 0.25) is 0 Å². The van der Waals surface area contributed by atoms with Crippen molar-refractivity contribution in [2.24, 2.45) is 0 Å². The monoisotopic (exact) mass is 214 g/mol. The normalized spacial score (nSPS) is 10.1. The van der Waals surface area contributed by atoms with E-state index in [0.29, 0.717) is 0 Å². The molecule has 0 saturated carbocycles. The van der Waals surface area contributed by atoms with Gasteiger partial charge in [0.15, 0.2) is 0 Å². The molecule has 0 saturated heterocycles. The molecule has 0 heterocycles. The SMILES string of the molecule is C#CCCCCCCc1ccc(C)cc1C. The fourth-order valence-electron chi connectivity index (χ4n) is 2.02. The van der Waals surface area contributed by atoms with E-state index in [0.717, 1.165) is 6.42 Å². The molecule has 0 nitrogen and oxygen atoms in total. The molecule has 0 N–H and O–H groups in total. The van der Waals surface area contributed by atoms with Gasteiger partial charge in [0.05, 0.1) is 0 Å². The Labute approximate surface area is 100 Å². The highest BCUT2D eigenvalue weighted by Crippen LogP contribution is 2.14. The zero-order valence-corrected chi connectivity index (χ0v) is 10.6. The van der Waals surface area contributed by atoms with Gasteiger partial charge in [0.1, 0.15) is 0 Å². The fourth-order valence-corrected chi connectivity index (χ4v) is 2.02. The second-order valence-corrected chi connectivity index (χ2v) is 4.55. The molecule has 0 atom stereocenters. The lowest BCUT2D eigenvalue weighted by Crippen LogP contribution is -1.91. The lowest BCUT2D eigenvalue weighted by molar-refractivity contribution is 0.649. The van der Waals surface area contributed by atoms with E-state index in [1.807, 2.05) is 0 Å². The Morgan fingerprint density at radius 1 is 1.06 bits per heavy atom. The number of rotatable bonds is 6. The molecule has 0 aliphatic rings. The van der Waals surface area contributed by atoms with Crippen LogP contribution in [0.25, 0.3) is 0 Å². The third-order valence-corrected chi connectivity index (χ3v) is 3.02. The summed E-state index contributed by atoms with van der Waals surface area (Å²) >= 11 is 0. The second kappa shape index (κ2) is 7.12. The lowest BCUT2D eigenvalue weighted by Gasteiger charge is -2.06. The van der Waals surface area contributed by atoms with Crippen molar-refractivity contribution in [2.45, 2.75) is 52.4 Å². The quantitative estimate of drug-likeness (QED) is 0.485. The van der Waals surface area contributed by atoms with Gasteiger partial charge in [-0.3, -0.25) is 0 Å². The molecule has 0 unspecified atom stereocenters. The Balaban J connectivity index is 2.25. The van der Waals surface area contributed by atoms with Crippen molar-refractivity contribution in [3.8, 4) is 12.3 Å². The smallest absolute Gasteiger partial charge is 0.00860 e. The second-order valence-electron chi connectivity index (χ2n) is 4.55. The van der Waals surface area contributed by atoms with Crippen LogP contribution in [0.2, 0.25) is 0 Å². The summed E-state index contributed by atoms with van der Waals surface area (Å²) in [7, 11) is 0. The molecule has 1 rings (SSSR count). The molecule has 0 aliphatic heterocycles. The molecule has 0 fully saturated rings. The number of hydrogen-bond donors (Lipinski definition) is 0. The van der Waals surface area contributed by atoms with Crippen LogP contribution in [0.15, 0.2) is 18.2 Å². The maximum absolute atomic E-state index is 5.22. The third kappa shape index (κ3) is 4.53. The summed E-state index contributed by atoms with van der Waals surface area (Å²) in [6.45, 7) is 4.36. The summed E-state index contributed by atoms with van der Waals surface area (Å²) in [4.78, 5) is 0. The van der Waals surface area contributed by atoms with Crippen molar-refractivity contribution < 1.29 is 0 Å². The topological polar surface area (TPSA) is 0 Å². The van der Waals surface area contributed by atoms with Crippen molar-refractivity contribution in [2.75, 3.05) is 0 Å². The predicted molar refractivity (Wildman–Crippen MR) is 71.5 cm³/mol. The van der Waals surface area contributed by atoms with E-state index in [-0.39, 0.29) is 0 Å². The lowest BCUT2D eigenvalue weighted by atomic mass is 10.00. The Morgan fingerprint density at radius 3 is 2.50 bits per heavy atom. The number of terminal acetylenes is 1. The van der Waals surface area contributed by atoms with E-state index in [2.05, 4.69) is 38.0 Å².